The number of ether oxygens (including phenoxy) is 2. The van der Waals surface area contributed by atoms with Gasteiger partial charge in [-0.05, 0) is 47.7 Å². The van der Waals surface area contributed by atoms with Crippen molar-refractivity contribution in [1.82, 2.24) is 0 Å². The molecule has 0 aliphatic rings. The molecule has 0 atom stereocenters. The smallest absolute Gasteiger partial charge is 0.122 e. The number of thioether (sulfide) groups is 1. The highest BCUT2D eigenvalue weighted by molar-refractivity contribution is 7.99. The van der Waals surface area contributed by atoms with E-state index in [0.717, 1.165) is 17.3 Å². The first kappa shape index (κ1) is 18.7. The fraction of sp³-hybridized carbons (Fsp3) is 0.429. The van der Waals surface area contributed by atoms with Crippen LogP contribution in [-0.2, 0) is 0 Å². The van der Waals surface area contributed by atoms with Crippen LogP contribution in [-0.4, -0.2) is 19.0 Å². The van der Waals surface area contributed by atoms with Gasteiger partial charge in [-0.1, -0.05) is 45.9 Å². The number of rotatable bonds is 9. The van der Waals surface area contributed by atoms with Crippen LogP contribution in [0.2, 0.25) is 0 Å². The largest absolute Gasteiger partial charge is 0.490 e. The summed E-state index contributed by atoms with van der Waals surface area (Å²) in [4.78, 5) is 1.26. The Morgan fingerprint density at radius 1 is 0.833 bits per heavy atom. The molecule has 2 aromatic carbocycles. The van der Waals surface area contributed by atoms with Crippen molar-refractivity contribution in [3.63, 3.8) is 0 Å². The molecule has 0 radical (unpaired) electrons. The van der Waals surface area contributed by atoms with E-state index in [1.807, 2.05) is 36.0 Å². The molecule has 0 aromatic heterocycles. The van der Waals surface area contributed by atoms with Crippen LogP contribution in [0.15, 0.2) is 53.4 Å². The second-order valence-electron chi connectivity index (χ2n) is 6.60. The van der Waals surface area contributed by atoms with Gasteiger partial charge in [0, 0.05) is 10.6 Å². The van der Waals surface area contributed by atoms with Crippen LogP contribution in [0.3, 0.4) is 0 Å². The van der Waals surface area contributed by atoms with Gasteiger partial charge in [-0.2, -0.15) is 0 Å². The van der Waals surface area contributed by atoms with Crippen molar-refractivity contribution in [2.24, 2.45) is 5.92 Å². The first-order valence-corrected chi connectivity index (χ1v) is 9.61. The van der Waals surface area contributed by atoms with Gasteiger partial charge in [-0.25, -0.2) is 0 Å². The first-order valence-electron chi connectivity index (χ1n) is 8.63. The minimum Gasteiger partial charge on any atom is -0.490 e. The number of benzene rings is 2. The summed E-state index contributed by atoms with van der Waals surface area (Å²) in [6, 6.07) is 16.6. The van der Waals surface area contributed by atoms with Crippen molar-refractivity contribution in [3.8, 4) is 11.5 Å². The summed E-state index contributed by atoms with van der Waals surface area (Å²) in [6.07, 6.45) is 0. The number of hydrogen-bond acceptors (Lipinski definition) is 3. The Balaban J connectivity index is 1.74. The zero-order valence-electron chi connectivity index (χ0n) is 15.1. The van der Waals surface area contributed by atoms with Gasteiger partial charge in [0.05, 0.1) is 0 Å². The monoisotopic (exact) mass is 344 g/mol. The Kier molecular flexibility index (Phi) is 7.51. The fourth-order valence-electron chi connectivity index (χ4n) is 2.18. The van der Waals surface area contributed by atoms with Gasteiger partial charge in [0.25, 0.3) is 0 Å². The van der Waals surface area contributed by atoms with Gasteiger partial charge in [0.1, 0.15) is 24.7 Å². The molecular weight excluding hydrogens is 316 g/mol. The van der Waals surface area contributed by atoms with E-state index in [1.165, 1.54) is 10.5 Å². The second-order valence-corrected chi connectivity index (χ2v) is 7.69. The lowest BCUT2D eigenvalue weighted by atomic mass is 10.0. The van der Waals surface area contributed by atoms with Crippen LogP contribution >= 0.6 is 11.8 Å². The molecule has 0 fully saturated rings. The molecule has 0 spiro atoms. The molecule has 0 aliphatic heterocycles. The van der Waals surface area contributed by atoms with E-state index in [-0.39, 0.29) is 0 Å². The first-order chi connectivity index (χ1) is 11.5. The van der Waals surface area contributed by atoms with Gasteiger partial charge < -0.3 is 9.47 Å². The predicted octanol–water partition coefficient (Wildman–Crippen LogP) is 6.02. The molecule has 0 bridgehead atoms. The lowest BCUT2D eigenvalue weighted by Gasteiger charge is -2.11. The van der Waals surface area contributed by atoms with Crippen LogP contribution in [0, 0.1) is 5.92 Å². The Morgan fingerprint density at radius 3 is 2.12 bits per heavy atom. The van der Waals surface area contributed by atoms with E-state index in [4.69, 9.17) is 9.47 Å². The van der Waals surface area contributed by atoms with E-state index < -0.39 is 0 Å². The molecule has 0 aliphatic carbocycles. The Bertz CT molecular complexity index is 605. The topological polar surface area (TPSA) is 18.5 Å². The summed E-state index contributed by atoms with van der Waals surface area (Å²) >= 11 is 1.87. The van der Waals surface area contributed by atoms with E-state index in [2.05, 4.69) is 52.0 Å². The Hall–Kier alpha value is -1.61. The van der Waals surface area contributed by atoms with Crippen LogP contribution in [0.4, 0.5) is 0 Å². The van der Waals surface area contributed by atoms with Gasteiger partial charge in [0.2, 0.25) is 0 Å². The second kappa shape index (κ2) is 9.63. The molecule has 0 heterocycles. The van der Waals surface area contributed by atoms with Crippen molar-refractivity contribution < 1.29 is 9.47 Å². The Labute approximate surface area is 150 Å². The maximum atomic E-state index is 5.80. The summed E-state index contributed by atoms with van der Waals surface area (Å²) in [6.45, 7) is 9.94. The molecule has 0 unspecified atom stereocenters. The van der Waals surface area contributed by atoms with Crippen LogP contribution < -0.4 is 9.47 Å². The average molecular weight is 345 g/mol. The summed E-state index contributed by atoms with van der Waals surface area (Å²) < 4.78 is 11.5. The van der Waals surface area contributed by atoms with Gasteiger partial charge in [-0.3, -0.25) is 0 Å². The van der Waals surface area contributed by atoms with E-state index in [1.54, 1.807) is 0 Å². The standard InChI is InChI=1S/C21H28O2S/c1-16(2)15-24-21-7-5-6-20(14-21)23-13-12-22-19-10-8-18(9-11-19)17(3)4/h5-11,14,16-17H,12-13,15H2,1-4H3. The lowest BCUT2D eigenvalue weighted by molar-refractivity contribution is 0.217. The van der Waals surface area contributed by atoms with Gasteiger partial charge in [0.15, 0.2) is 0 Å². The highest BCUT2D eigenvalue weighted by atomic mass is 32.2. The highest BCUT2D eigenvalue weighted by Gasteiger charge is 2.02. The van der Waals surface area contributed by atoms with Crippen LogP contribution in [0.5, 0.6) is 11.5 Å². The molecule has 0 saturated heterocycles. The SMILES string of the molecule is CC(C)CSc1cccc(OCCOc2ccc(C(C)C)cc2)c1. The molecule has 0 amide bonds. The molecule has 2 nitrogen and oxygen atoms in total. The maximum absolute atomic E-state index is 5.80. The molecule has 130 valence electrons. The van der Waals surface area contributed by atoms with E-state index in [9.17, 15) is 0 Å². The minimum atomic E-state index is 0.545. The van der Waals surface area contributed by atoms with Crippen molar-refractivity contribution >= 4 is 11.8 Å². The number of hydrogen-bond donors (Lipinski definition) is 0. The summed E-state index contributed by atoms with van der Waals surface area (Å²) in [5.74, 6) is 4.16. The van der Waals surface area contributed by atoms with Crippen molar-refractivity contribution in [3.05, 3.63) is 54.1 Å². The lowest BCUT2D eigenvalue weighted by Crippen LogP contribution is -2.09. The highest BCUT2D eigenvalue weighted by Crippen LogP contribution is 2.24. The summed E-state index contributed by atoms with van der Waals surface area (Å²) in [7, 11) is 0. The molecular formula is C21H28O2S. The zero-order valence-corrected chi connectivity index (χ0v) is 15.9. The third kappa shape index (κ3) is 6.48. The molecule has 2 rings (SSSR count). The molecule has 0 saturated carbocycles. The van der Waals surface area contributed by atoms with Crippen LogP contribution in [0.25, 0.3) is 0 Å². The maximum Gasteiger partial charge on any atom is 0.122 e. The minimum absolute atomic E-state index is 0.545. The quantitative estimate of drug-likeness (QED) is 0.409. The van der Waals surface area contributed by atoms with Gasteiger partial charge >= 0.3 is 0 Å². The Morgan fingerprint density at radius 2 is 1.50 bits per heavy atom. The third-order valence-electron chi connectivity index (χ3n) is 3.56. The van der Waals surface area contributed by atoms with E-state index in [0.29, 0.717) is 25.0 Å². The predicted molar refractivity (Wildman–Crippen MR) is 104 cm³/mol. The fourth-order valence-corrected chi connectivity index (χ4v) is 3.08. The molecule has 3 heteroatoms. The molecule has 24 heavy (non-hydrogen) atoms. The normalized spacial score (nSPS) is 11.1. The van der Waals surface area contributed by atoms with Crippen molar-refractivity contribution in [1.29, 1.82) is 0 Å². The molecule has 0 N–H and O–H groups in total. The van der Waals surface area contributed by atoms with Crippen molar-refractivity contribution in [2.75, 3.05) is 19.0 Å². The van der Waals surface area contributed by atoms with Crippen LogP contribution in [0.1, 0.15) is 39.2 Å². The van der Waals surface area contributed by atoms with Crippen molar-refractivity contribution in [2.45, 2.75) is 38.5 Å². The third-order valence-corrected chi connectivity index (χ3v) is 4.98. The summed E-state index contributed by atoms with van der Waals surface area (Å²) in [5.41, 5.74) is 1.33. The summed E-state index contributed by atoms with van der Waals surface area (Å²) in [5, 5.41) is 0. The zero-order chi connectivity index (χ0) is 17.4. The van der Waals surface area contributed by atoms with Gasteiger partial charge in [-0.15, -0.1) is 11.8 Å². The average Bonchev–Trinajstić information content (AvgIpc) is 2.58. The molecule has 2 aromatic rings. The van der Waals surface area contributed by atoms with E-state index >= 15 is 0 Å².